The van der Waals surface area contributed by atoms with Gasteiger partial charge in [-0.15, -0.1) is 17.9 Å². The predicted molar refractivity (Wildman–Crippen MR) is 127 cm³/mol. The van der Waals surface area contributed by atoms with Crippen molar-refractivity contribution in [3.63, 3.8) is 0 Å². The van der Waals surface area contributed by atoms with Crippen LogP contribution in [0.3, 0.4) is 0 Å². The van der Waals surface area contributed by atoms with Gasteiger partial charge in [0.05, 0.1) is 22.9 Å². The Kier molecular flexibility index (Phi) is 7.37. The highest BCUT2D eigenvalue weighted by atomic mass is 32.2. The fourth-order valence-corrected chi connectivity index (χ4v) is 5.08. The molecule has 6 nitrogen and oxygen atoms in total. The molecule has 31 heavy (non-hydrogen) atoms. The largest absolute Gasteiger partial charge is 0.326 e. The first kappa shape index (κ1) is 22.9. The van der Waals surface area contributed by atoms with Gasteiger partial charge in [0.1, 0.15) is 0 Å². The van der Waals surface area contributed by atoms with E-state index in [0.29, 0.717) is 11.3 Å². The van der Waals surface area contributed by atoms with Crippen LogP contribution in [-0.4, -0.2) is 25.9 Å². The van der Waals surface area contributed by atoms with Gasteiger partial charge in [-0.05, 0) is 31.5 Å². The third kappa shape index (κ3) is 6.58. The van der Waals surface area contributed by atoms with Crippen molar-refractivity contribution in [2.45, 2.75) is 26.0 Å². The molecule has 2 N–H and O–H groups in total. The number of hydrogen-bond acceptors (Lipinski definition) is 5. The van der Waals surface area contributed by atoms with Gasteiger partial charge in [0, 0.05) is 22.7 Å². The van der Waals surface area contributed by atoms with E-state index in [1.54, 1.807) is 24.3 Å². The summed E-state index contributed by atoms with van der Waals surface area (Å²) in [5, 5.41) is 3.78. The lowest BCUT2D eigenvalue weighted by atomic mass is 10.1. The molecule has 1 aromatic heterocycles. The number of aryl methyl sites for hydroxylation is 2. The lowest BCUT2D eigenvalue weighted by molar-refractivity contribution is -0.115. The number of benzene rings is 2. The number of sulfonamides is 1. The van der Waals surface area contributed by atoms with Crippen LogP contribution in [0.4, 0.5) is 5.69 Å². The number of anilines is 1. The van der Waals surface area contributed by atoms with E-state index in [0.717, 1.165) is 21.1 Å². The first-order valence-electron chi connectivity index (χ1n) is 9.76. The molecule has 0 saturated heterocycles. The van der Waals surface area contributed by atoms with Crippen molar-refractivity contribution in [2.24, 2.45) is 0 Å². The van der Waals surface area contributed by atoms with Gasteiger partial charge in [-0.3, -0.25) is 4.79 Å². The molecule has 3 rings (SSSR count). The molecule has 0 aliphatic carbocycles. The molecule has 0 aliphatic rings. The number of hydrogen-bond donors (Lipinski definition) is 2. The minimum Gasteiger partial charge on any atom is -0.326 e. The molecule has 0 atom stereocenters. The highest BCUT2D eigenvalue weighted by Crippen LogP contribution is 2.29. The second-order valence-corrected chi connectivity index (χ2v) is 10.3. The third-order valence-electron chi connectivity index (χ3n) is 4.49. The van der Waals surface area contributed by atoms with E-state index in [-0.39, 0.29) is 24.6 Å². The highest BCUT2D eigenvalue weighted by molar-refractivity contribution is 7.88. The van der Waals surface area contributed by atoms with E-state index in [1.165, 1.54) is 23.0 Å². The lowest BCUT2D eigenvalue weighted by Crippen LogP contribution is -2.25. The topological polar surface area (TPSA) is 88.2 Å². The lowest BCUT2D eigenvalue weighted by Gasteiger charge is -2.08. The Labute approximate surface area is 187 Å². The quantitative estimate of drug-likeness (QED) is 0.473. The second kappa shape index (κ2) is 10.00. The minimum atomic E-state index is -3.42. The molecule has 0 spiro atoms. The van der Waals surface area contributed by atoms with Gasteiger partial charge in [0.25, 0.3) is 0 Å². The number of nitrogens with one attached hydrogen (secondary N) is 2. The van der Waals surface area contributed by atoms with Crippen molar-refractivity contribution in [3.8, 4) is 11.3 Å². The van der Waals surface area contributed by atoms with Gasteiger partial charge in [0.15, 0.2) is 0 Å². The maximum atomic E-state index is 12.6. The normalized spacial score (nSPS) is 11.3. The van der Waals surface area contributed by atoms with Crippen LogP contribution in [0.1, 0.15) is 21.0 Å². The molecule has 0 aliphatic heterocycles. The molecule has 0 saturated carbocycles. The summed E-state index contributed by atoms with van der Waals surface area (Å²) in [7, 11) is -3.42. The molecule has 0 radical (unpaired) electrons. The first-order valence-corrected chi connectivity index (χ1v) is 12.2. The van der Waals surface area contributed by atoms with Crippen molar-refractivity contribution in [1.29, 1.82) is 0 Å². The van der Waals surface area contributed by atoms with Crippen LogP contribution in [0, 0.1) is 13.8 Å². The SMILES string of the molecule is C=CCNS(=O)(=O)Cc1ccc(NC(=O)Cc2sc(C)nc2-c2ccc(C)cc2)cc1. The van der Waals surface area contributed by atoms with Crippen LogP contribution in [-0.2, 0) is 27.0 Å². The zero-order valence-electron chi connectivity index (χ0n) is 17.5. The Morgan fingerprint density at radius 2 is 1.77 bits per heavy atom. The molecule has 162 valence electrons. The Morgan fingerprint density at radius 3 is 2.42 bits per heavy atom. The molecular formula is C23H25N3O3S2. The number of thiazole rings is 1. The van der Waals surface area contributed by atoms with E-state index in [1.807, 2.05) is 38.1 Å². The summed E-state index contributed by atoms with van der Waals surface area (Å²) >= 11 is 1.51. The summed E-state index contributed by atoms with van der Waals surface area (Å²) in [5.41, 5.74) is 4.25. The van der Waals surface area contributed by atoms with Crippen LogP contribution in [0.25, 0.3) is 11.3 Å². The molecule has 1 heterocycles. The van der Waals surface area contributed by atoms with E-state index in [4.69, 9.17) is 0 Å². The summed E-state index contributed by atoms with van der Waals surface area (Å²) in [6, 6.07) is 14.9. The molecule has 0 unspecified atom stereocenters. The number of amides is 1. The average molecular weight is 456 g/mol. The van der Waals surface area contributed by atoms with Crippen molar-refractivity contribution in [3.05, 3.63) is 82.2 Å². The number of carbonyl (C=O) groups is 1. The van der Waals surface area contributed by atoms with Crippen LogP contribution in [0.15, 0.2) is 61.2 Å². The standard InChI is InChI=1S/C23H25N3O3S2/c1-4-13-24-31(28,29)15-18-7-11-20(12-8-18)26-22(27)14-21-23(25-17(3)30-21)19-9-5-16(2)6-10-19/h4-12,24H,1,13-15H2,2-3H3,(H,26,27). The number of aromatic nitrogens is 1. The molecule has 8 heteroatoms. The summed E-state index contributed by atoms with van der Waals surface area (Å²) in [6.07, 6.45) is 1.71. The maximum Gasteiger partial charge on any atom is 0.229 e. The molecule has 3 aromatic rings. The van der Waals surface area contributed by atoms with Crippen molar-refractivity contribution < 1.29 is 13.2 Å². The van der Waals surface area contributed by atoms with Crippen LogP contribution < -0.4 is 10.0 Å². The van der Waals surface area contributed by atoms with Gasteiger partial charge in [-0.25, -0.2) is 18.1 Å². The van der Waals surface area contributed by atoms with Gasteiger partial charge in [-0.1, -0.05) is 48.0 Å². The molecule has 2 aromatic carbocycles. The van der Waals surface area contributed by atoms with Crippen molar-refractivity contribution in [2.75, 3.05) is 11.9 Å². The Morgan fingerprint density at radius 1 is 1.10 bits per heavy atom. The number of rotatable bonds is 9. The van der Waals surface area contributed by atoms with E-state index < -0.39 is 10.0 Å². The molecule has 1 amide bonds. The minimum absolute atomic E-state index is 0.130. The predicted octanol–water partition coefficient (Wildman–Crippen LogP) is 4.21. The molecule has 0 fully saturated rings. The van der Waals surface area contributed by atoms with Gasteiger partial charge < -0.3 is 5.32 Å². The third-order valence-corrected chi connectivity index (χ3v) is 6.78. The second-order valence-electron chi connectivity index (χ2n) is 7.19. The first-order chi connectivity index (χ1) is 14.8. The monoisotopic (exact) mass is 455 g/mol. The van der Waals surface area contributed by atoms with Crippen molar-refractivity contribution in [1.82, 2.24) is 9.71 Å². The van der Waals surface area contributed by atoms with Gasteiger partial charge >= 0.3 is 0 Å². The Balaban J connectivity index is 1.65. The fraction of sp³-hybridized carbons (Fsp3) is 0.217. The van der Waals surface area contributed by atoms with E-state index >= 15 is 0 Å². The van der Waals surface area contributed by atoms with E-state index in [9.17, 15) is 13.2 Å². The fourth-order valence-electron chi connectivity index (χ4n) is 3.02. The molecule has 0 bridgehead atoms. The molecular weight excluding hydrogens is 430 g/mol. The summed E-state index contributed by atoms with van der Waals surface area (Å²) in [6.45, 7) is 7.65. The van der Waals surface area contributed by atoms with Crippen LogP contribution >= 0.6 is 11.3 Å². The average Bonchev–Trinajstić information content (AvgIpc) is 3.08. The van der Waals surface area contributed by atoms with Crippen LogP contribution in [0.5, 0.6) is 0 Å². The zero-order valence-corrected chi connectivity index (χ0v) is 19.1. The summed E-state index contributed by atoms with van der Waals surface area (Å²) in [4.78, 5) is 18.1. The zero-order chi connectivity index (χ0) is 22.4. The maximum absolute atomic E-state index is 12.6. The number of nitrogens with zero attached hydrogens (tertiary/aromatic N) is 1. The Hall–Kier alpha value is -2.81. The summed E-state index contributed by atoms with van der Waals surface area (Å²) < 4.78 is 26.4. The highest BCUT2D eigenvalue weighted by Gasteiger charge is 2.15. The van der Waals surface area contributed by atoms with Gasteiger partial charge in [0.2, 0.25) is 15.9 Å². The van der Waals surface area contributed by atoms with E-state index in [2.05, 4.69) is 21.6 Å². The van der Waals surface area contributed by atoms with Gasteiger partial charge in [-0.2, -0.15) is 0 Å². The smallest absolute Gasteiger partial charge is 0.229 e. The van der Waals surface area contributed by atoms with Crippen molar-refractivity contribution >= 4 is 33.0 Å². The van der Waals surface area contributed by atoms with Crippen LogP contribution in [0.2, 0.25) is 0 Å². The Bertz CT molecular complexity index is 1170. The number of carbonyl (C=O) groups excluding carboxylic acids is 1. The summed E-state index contributed by atoms with van der Waals surface area (Å²) in [5.74, 6) is -0.278.